The molecule has 29 heavy (non-hydrogen) atoms. The second-order valence-electron chi connectivity index (χ2n) is 7.97. The number of hydrogen-bond acceptors (Lipinski definition) is 8. The maximum Gasteiger partial charge on any atom is 0.317 e. The third-order valence-electron chi connectivity index (χ3n) is 5.16. The predicted octanol–water partition coefficient (Wildman–Crippen LogP) is -1.77. The van der Waals surface area contributed by atoms with Crippen molar-refractivity contribution in [3.05, 3.63) is 0 Å². The van der Waals surface area contributed by atoms with Crippen molar-refractivity contribution in [2.24, 2.45) is 0 Å². The largest absolute Gasteiger partial charge is 0.480 e. The van der Waals surface area contributed by atoms with Gasteiger partial charge in [-0.25, -0.2) is 0 Å². The Bertz CT molecular complexity index is 526. The molecule has 4 N–H and O–H groups in total. The van der Waals surface area contributed by atoms with Gasteiger partial charge in [0.1, 0.15) is 0 Å². The lowest BCUT2D eigenvalue weighted by molar-refractivity contribution is -0.140. The minimum atomic E-state index is -0.984. The Labute approximate surface area is 171 Å². The molecular weight excluding hydrogens is 384 g/mol. The van der Waals surface area contributed by atoms with E-state index in [9.17, 15) is 29.7 Å². The van der Waals surface area contributed by atoms with Crippen LogP contribution in [0.5, 0.6) is 0 Å². The molecule has 1 fully saturated rings. The first-order chi connectivity index (χ1) is 13.5. The molecule has 1 aliphatic heterocycles. The second-order valence-corrected chi connectivity index (χ2v) is 7.97. The fourth-order valence-corrected chi connectivity index (χ4v) is 3.29. The van der Waals surface area contributed by atoms with Gasteiger partial charge in [0.15, 0.2) is 0 Å². The van der Waals surface area contributed by atoms with Crippen LogP contribution in [0.1, 0.15) is 13.8 Å². The van der Waals surface area contributed by atoms with E-state index in [0.717, 1.165) is 0 Å². The second kappa shape index (κ2) is 12.0. The zero-order chi connectivity index (χ0) is 22.0. The monoisotopic (exact) mass is 418 g/mol. The van der Waals surface area contributed by atoms with Gasteiger partial charge in [0.25, 0.3) is 0 Å². The molecule has 0 unspecified atom stereocenters. The van der Waals surface area contributed by atoms with Crippen LogP contribution < -0.4 is 0 Å². The number of carboxylic acid groups (broad SMARTS) is 3. The van der Waals surface area contributed by atoms with E-state index in [1.165, 1.54) is 0 Å². The van der Waals surface area contributed by atoms with Crippen molar-refractivity contribution in [3.63, 3.8) is 0 Å². The molecule has 1 aliphatic rings. The molecule has 0 bridgehead atoms. The highest BCUT2D eigenvalue weighted by molar-refractivity contribution is 5.69. The summed E-state index contributed by atoms with van der Waals surface area (Å²) in [4.78, 5) is 40.8. The van der Waals surface area contributed by atoms with Crippen LogP contribution in [0, 0.1) is 0 Å². The SMILES string of the molecule is CC(C)(CO)N1CCN(CC(=O)O)CCN(CC(=O)O)CCN(CC(=O)O)CC1. The van der Waals surface area contributed by atoms with Gasteiger partial charge in [-0.1, -0.05) is 0 Å². The molecule has 0 atom stereocenters. The minimum absolute atomic E-state index is 0.0861. The molecule has 0 saturated carbocycles. The Kier molecular flexibility index (Phi) is 10.5. The maximum absolute atomic E-state index is 11.2. The van der Waals surface area contributed by atoms with E-state index in [1.807, 2.05) is 18.7 Å². The number of aliphatic hydroxyl groups is 1. The van der Waals surface area contributed by atoms with Crippen LogP contribution in [0.25, 0.3) is 0 Å². The quantitative estimate of drug-likeness (QED) is 0.355. The summed E-state index contributed by atoms with van der Waals surface area (Å²) in [7, 11) is 0. The van der Waals surface area contributed by atoms with Gasteiger partial charge in [0.05, 0.1) is 26.2 Å². The predicted molar refractivity (Wildman–Crippen MR) is 105 cm³/mol. The van der Waals surface area contributed by atoms with E-state index in [-0.39, 0.29) is 26.2 Å². The number of aliphatic carboxylic acids is 3. The fraction of sp³-hybridized carbons (Fsp3) is 0.833. The summed E-state index contributed by atoms with van der Waals surface area (Å²) in [5.41, 5.74) is -0.538. The minimum Gasteiger partial charge on any atom is -0.480 e. The molecule has 0 aromatic heterocycles. The molecule has 168 valence electrons. The lowest BCUT2D eigenvalue weighted by Gasteiger charge is -2.40. The molecule has 0 amide bonds. The first-order valence-electron chi connectivity index (χ1n) is 9.72. The summed E-state index contributed by atoms with van der Waals surface area (Å²) >= 11 is 0. The Morgan fingerprint density at radius 2 is 0.931 bits per heavy atom. The van der Waals surface area contributed by atoms with E-state index >= 15 is 0 Å². The van der Waals surface area contributed by atoms with Crippen molar-refractivity contribution in [2.45, 2.75) is 19.4 Å². The molecule has 0 aromatic rings. The first kappa shape index (κ1) is 25.2. The van der Waals surface area contributed by atoms with Crippen molar-refractivity contribution < 1.29 is 34.8 Å². The molecule has 1 saturated heterocycles. The van der Waals surface area contributed by atoms with Crippen molar-refractivity contribution in [2.75, 3.05) is 78.6 Å². The number of aliphatic hydroxyl groups excluding tert-OH is 1. The standard InChI is InChI=1S/C18H34N4O7/c1-18(2,14-23)22-9-7-20(12-16(26)27)5-3-19(11-15(24)25)4-6-21(8-10-22)13-17(28)29/h23H,3-14H2,1-2H3,(H,24,25)(H,26,27)(H,28,29). The summed E-state index contributed by atoms with van der Waals surface area (Å²) in [5, 5.41) is 37.3. The smallest absolute Gasteiger partial charge is 0.317 e. The van der Waals surface area contributed by atoms with Crippen LogP contribution in [0.3, 0.4) is 0 Å². The van der Waals surface area contributed by atoms with E-state index in [1.54, 1.807) is 14.7 Å². The lowest BCUT2D eigenvalue weighted by Crippen LogP contribution is -2.54. The van der Waals surface area contributed by atoms with Crippen LogP contribution in [0.4, 0.5) is 0 Å². The van der Waals surface area contributed by atoms with Crippen LogP contribution in [0.15, 0.2) is 0 Å². The molecule has 0 radical (unpaired) electrons. The third-order valence-corrected chi connectivity index (χ3v) is 5.16. The Morgan fingerprint density at radius 1 is 0.655 bits per heavy atom. The highest BCUT2D eigenvalue weighted by Gasteiger charge is 2.28. The maximum atomic E-state index is 11.2. The summed E-state index contributed by atoms with van der Waals surface area (Å²) in [6.07, 6.45) is 0. The van der Waals surface area contributed by atoms with Crippen LogP contribution >= 0.6 is 0 Å². The number of nitrogens with zero attached hydrogens (tertiary/aromatic N) is 4. The Hall–Kier alpha value is -1.79. The molecule has 0 aromatic carbocycles. The van der Waals surface area contributed by atoms with Crippen LogP contribution in [0.2, 0.25) is 0 Å². The van der Waals surface area contributed by atoms with Gasteiger partial charge in [0, 0.05) is 57.9 Å². The van der Waals surface area contributed by atoms with Gasteiger partial charge in [-0.05, 0) is 13.8 Å². The average Bonchev–Trinajstić information content (AvgIpc) is 2.60. The Morgan fingerprint density at radius 3 is 1.17 bits per heavy atom. The topological polar surface area (TPSA) is 145 Å². The van der Waals surface area contributed by atoms with Crippen molar-refractivity contribution in [1.82, 2.24) is 19.6 Å². The molecule has 11 nitrogen and oxygen atoms in total. The molecule has 1 heterocycles. The first-order valence-corrected chi connectivity index (χ1v) is 9.72. The number of carbonyl (C=O) groups is 3. The van der Waals surface area contributed by atoms with E-state index in [0.29, 0.717) is 52.4 Å². The van der Waals surface area contributed by atoms with Gasteiger partial charge >= 0.3 is 17.9 Å². The van der Waals surface area contributed by atoms with Crippen LogP contribution in [-0.2, 0) is 14.4 Å². The van der Waals surface area contributed by atoms with Gasteiger partial charge in [0.2, 0.25) is 0 Å². The zero-order valence-electron chi connectivity index (χ0n) is 17.3. The molecule has 11 heteroatoms. The highest BCUT2D eigenvalue weighted by atomic mass is 16.4. The molecule has 0 spiro atoms. The number of carboxylic acids is 3. The van der Waals surface area contributed by atoms with Gasteiger partial charge < -0.3 is 20.4 Å². The molecule has 0 aliphatic carbocycles. The Balaban J connectivity index is 3.00. The van der Waals surface area contributed by atoms with Crippen molar-refractivity contribution >= 4 is 17.9 Å². The van der Waals surface area contributed by atoms with Gasteiger partial charge in [-0.3, -0.25) is 34.0 Å². The zero-order valence-corrected chi connectivity index (χ0v) is 17.3. The van der Waals surface area contributed by atoms with Gasteiger partial charge in [-0.2, -0.15) is 0 Å². The summed E-state index contributed by atoms with van der Waals surface area (Å²) in [5.74, 6) is -2.90. The highest BCUT2D eigenvalue weighted by Crippen LogP contribution is 2.14. The summed E-state index contributed by atoms with van der Waals surface area (Å²) in [6.45, 7) is 6.56. The van der Waals surface area contributed by atoms with Crippen molar-refractivity contribution in [3.8, 4) is 0 Å². The fourth-order valence-electron chi connectivity index (χ4n) is 3.29. The van der Waals surface area contributed by atoms with Gasteiger partial charge in [-0.15, -0.1) is 0 Å². The van der Waals surface area contributed by atoms with E-state index < -0.39 is 23.4 Å². The lowest BCUT2D eigenvalue weighted by atomic mass is 10.0. The number of rotatable bonds is 8. The van der Waals surface area contributed by atoms with E-state index in [4.69, 9.17) is 5.11 Å². The number of hydrogen-bond donors (Lipinski definition) is 4. The van der Waals surface area contributed by atoms with E-state index in [2.05, 4.69) is 0 Å². The summed E-state index contributed by atoms with van der Waals surface area (Å²) < 4.78 is 0. The average molecular weight is 418 g/mol. The normalized spacial score (nSPS) is 20.0. The molecule has 1 rings (SSSR count). The van der Waals surface area contributed by atoms with Crippen LogP contribution in [-0.4, -0.2) is 142 Å². The molecular formula is C18H34N4O7. The summed E-state index contributed by atoms with van der Waals surface area (Å²) in [6, 6.07) is 0. The van der Waals surface area contributed by atoms with Crippen molar-refractivity contribution in [1.29, 1.82) is 0 Å². The third kappa shape index (κ3) is 9.99.